The highest BCUT2D eigenvalue weighted by atomic mass is 127. The Kier molecular flexibility index (Phi) is 10.3. The van der Waals surface area contributed by atoms with Crippen LogP contribution >= 0.6 is 24.0 Å². The van der Waals surface area contributed by atoms with Gasteiger partial charge in [-0.1, -0.05) is 6.08 Å². The molecule has 5 heteroatoms. The molecular weight excluding hydrogens is 353 g/mol. The van der Waals surface area contributed by atoms with Crippen molar-refractivity contribution in [3.8, 4) is 0 Å². The summed E-state index contributed by atoms with van der Waals surface area (Å²) in [6.45, 7) is 8.20. The first-order valence-electron chi connectivity index (χ1n) is 6.40. The molecule has 1 aromatic rings. The standard InChI is InChI=1S/C14H23N3O.HI/c1-4-6-7-10-17(3)14(15-5-2)16-12-13-9-8-11-18-13;/h4,8-9,11H,1,5-7,10,12H2,2-3H3,(H,15,16);1H. The molecule has 0 aliphatic carbocycles. The molecule has 0 spiro atoms. The van der Waals surface area contributed by atoms with Crippen LogP contribution in [0.4, 0.5) is 0 Å². The zero-order valence-electron chi connectivity index (χ0n) is 11.8. The Labute approximate surface area is 133 Å². The van der Waals surface area contributed by atoms with Crippen LogP contribution in [-0.4, -0.2) is 31.0 Å². The van der Waals surface area contributed by atoms with E-state index in [2.05, 4.69) is 28.7 Å². The van der Waals surface area contributed by atoms with E-state index in [0.29, 0.717) is 6.54 Å². The van der Waals surface area contributed by atoms with Crippen LogP contribution in [0, 0.1) is 0 Å². The van der Waals surface area contributed by atoms with E-state index in [1.54, 1.807) is 6.26 Å². The van der Waals surface area contributed by atoms with Gasteiger partial charge in [0.15, 0.2) is 5.96 Å². The second kappa shape index (κ2) is 10.9. The lowest BCUT2D eigenvalue weighted by molar-refractivity contribution is 0.465. The molecule has 0 unspecified atom stereocenters. The summed E-state index contributed by atoms with van der Waals surface area (Å²) in [7, 11) is 2.05. The minimum absolute atomic E-state index is 0. The summed E-state index contributed by atoms with van der Waals surface area (Å²) in [5.74, 6) is 1.79. The van der Waals surface area contributed by atoms with E-state index in [1.807, 2.05) is 25.3 Å². The molecule has 0 saturated carbocycles. The first kappa shape index (κ1) is 18.0. The summed E-state index contributed by atoms with van der Waals surface area (Å²) in [5.41, 5.74) is 0. The number of nitrogens with one attached hydrogen (secondary N) is 1. The second-order valence-corrected chi connectivity index (χ2v) is 4.10. The van der Waals surface area contributed by atoms with E-state index >= 15 is 0 Å². The summed E-state index contributed by atoms with van der Waals surface area (Å²) in [6, 6.07) is 3.82. The molecule has 1 heterocycles. The fourth-order valence-electron chi connectivity index (χ4n) is 1.60. The molecule has 1 aromatic heterocycles. The highest BCUT2D eigenvalue weighted by Gasteiger charge is 2.05. The average Bonchev–Trinajstić information content (AvgIpc) is 2.87. The Hall–Kier alpha value is -0.980. The number of nitrogens with zero attached hydrogens (tertiary/aromatic N) is 2. The number of furan rings is 1. The number of unbranched alkanes of at least 4 members (excludes halogenated alkanes) is 1. The van der Waals surface area contributed by atoms with Crippen LogP contribution in [-0.2, 0) is 6.54 Å². The second-order valence-electron chi connectivity index (χ2n) is 4.10. The molecule has 0 amide bonds. The normalized spacial score (nSPS) is 10.7. The predicted molar refractivity (Wildman–Crippen MR) is 91.0 cm³/mol. The quantitative estimate of drug-likeness (QED) is 0.261. The van der Waals surface area contributed by atoms with E-state index in [1.165, 1.54) is 0 Å². The zero-order chi connectivity index (χ0) is 13.2. The van der Waals surface area contributed by atoms with Crippen molar-refractivity contribution < 1.29 is 4.42 Å². The first-order valence-corrected chi connectivity index (χ1v) is 6.40. The number of aliphatic imine (C=N–C) groups is 1. The maximum Gasteiger partial charge on any atom is 0.194 e. The van der Waals surface area contributed by atoms with Gasteiger partial charge in [-0.05, 0) is 31.9 Å². The third-order valence-electron chi connectivity index (χ3n) is 2.56. The van der Waals surface area contributed by atoms with E-state index in [0.717, 1.165) is 37.7 Å². The molecule has 0 aliphatic heterocycles. The number of hydrogen-bond acceptors (Lipinski definition) is 2. The van der Waals surface area contributed by atoms with Crippen molar-refractivity contribution in [1.82, 2.24) is 10.2 Å². The molecule has 0 atom stereocenters. The number of allylic oxidation sites excluding steroid dienone is 1. The van der Waals surface area contributed by atoms with Crippen LogP contribution < -0.4 is 5.32 Å². The molecule has 0 radical (unpaired) electrons. The lowest BCUT2D eigenvalue weighted by atomic mass is 10.3. The molecule has 1 rings (SSSR count). The van der Waals surface area contributed by atoms with Crippen LogP contribution in [0.5, 0.6) is 0 Å². The maximum atomic E-state index is 5.27. The molecule has 0 saturated heterocycles. The lowest BCUT2D eigenvalue weighted by Crippen LogP contribution is -2.39. The van der Waals surface area contributed by atoms with Gasteiger partial charge in [0.05, 0.1) is 6.26 Å². The van der Waals surface area contributed by atoms with Gasteiger partial charge >= 0.3 is 0 Å². The molecule has 0 fully saturated rings. The van der Waals surface area contributed by atoms with Gasteiger partial charge in [0.25, 0.3) is 0 Å². The first-order chi connectivity index (χ1) is 8.77. The van der Waals surface area contributed by atoms with Gasteiger partial charge in [0.1, 0.15) is 12.3 Å². The zero-order valence-corrected chi connectivity index (χ0v) is 14.1. The molecular formula is C14H24IN3O. The topological polar surface area (TPSA) is 40.8 Å². The fraction of sp³-hybridized carbons (Fsp3) is 0.500. The van der Waals surface area contributed by atoms with E-state index in [-0.39, 0.29) is 24.0 Å². The lowest BCUT2D eigenvalue weighted by Gasteiger charge is -2.21. The molecule has 108 valence electrons. The van der Waals surface area contributed by atoms with Crippen LogP contribution in [0.2, 0.25) is 0 Å². The predicted octanol–water partition coefficient (Wildman–Crippen LogP) is 3.26. The SMILES string of the molecule is C=CCCCN(C)C(=NCc1ccco1)NCC.I. The Bertz CT molecular complexity index is 363. The van der Waals surface area contributed by atoms with Gasteiger partial charge in [-0.3, -0.25) is 0 Å². The Morgan fingerprint density at radius 3 is 2.95 bits per heavy atom. The minimum atomic E-state index is 0. The van der Waals surface area contributed by atoms with Crippen molar-refractivity contribution in [3.05, 3.63) is 36.8 Å². The number of halogens is 1. The third-order valence-corrected chi connectivity index (χ3v) is 2.56. The Balaban J connectivity index is 0.00000324. The number of guanidine groups is 1. The highest BCUT2D eigenvalue weighted by molar-refractivity contribution is 14.0. The number of hydrogen-bond donors (Lipinski definition) is 1. The van der Waals surface area contributed by atoms with Crippen molar-refractivity contribution in [1.29, 1.82) is 0 Å². The number of rotatable bonds is 7. The summed E-state index contributed by atoms with van der Waals surface area (Å²) in [5, 5.41) is 3.28. The van der Waals surface area contributed by atoms with Crippen LogP contribution in [0.3, 0.4) is 0 Å². The summed E-state index contributed by atoms with van der Waals surface area (Å²) < 4.78 is 5.27. The summed E-state index contributed by atoms with van der Waals surface area (Å²) in [4.78, 5) is 6.68. The summed E-state index contributed by atoms with van der Waals surface area (Å²) in [6.07, 6.45) is 5.74. The van der Waals surface area contributed by atoms with Crippen LogP contribution in [0.15, 0.2) is 40.5 Å². The van der Waals surface area contributed by atoms with E-state index < -0.39 is 0 Å². The van der Waals surface area contributed by atoms with Gasteiger partial charge in [0, 0.05) is 20.1 Å². The molecule has 0 aromatic carbocycles. The minimum Gasteiger partial charge on any atom is -0.467 e. The summed E-state index contributed by atoms with van der Waals surface area (Å²) >= 11 is 0. The van der Waals surface area contributed by atoms with Crippen molar-refractivity contribution >= 4 is 29.9 Å². The van der Waals surface area contributed by atoms with Gasteiger partial charge < -0.3 is 14.6 Å². The Morgan fingerprint density at radius 2 is 2.37 bits per heavy atom. The van der Waals surface area contributed by atoms with Crippen molar-refractivity contribution in [2.45, 2.75) is 26.3 Å². The maximum absolute atomic E-state index is 5.27. The van der Waals surface area contributed by atoms with Gasteiger partial charge in [-0.25, -0.2) is 4.99 Å². The highest BCUT2D eigenvalue weighted by Crippen LogP contribution is 2.02. The smallest absolute Gasteiger partial charge is 0.194 e. The van der Waals surface area contributed by atoms with Crippen LogP contribution in [0.25, 0.3) is 0 Å². The van der Waals surface area contributed by atoms with Gasteiger partial charge in [-0.15, -0.1) is 30.6 Å². The van der Waals surface area contributed by atoms with Gasteiger partial charge in [0.2, 0.25) is 0 Å². The molecule has 1 N–H and O–H groups in total. The van der Waals surface area contributed by atoms with Crippen molar-refractivity contribution in [2.24, 2.45) is 4.99 Å². The largest absolute Gasteiger partial charge is 0.467 e. The fourth-order valence-corrected chi connectivity index (χ4v) is 1.60. The van der Waals surface area contributed by atoms with Crippen LogP contribution in [0.1, 0.15) is 25.5 Å². The average molecular weight is 377 g/mol. The van der Waals surface area contributed by atoms with Gasteiger partial charge in [-0.2, -0.15) is 0 Å². The van der Waals surface area contributed by atoms with E-state index in [4.69, 9.17) is 4.42 Å². The van der Waals surface area contributed by atoms with Crippen molar-refractivity contribution in [2.75, 3.05) is 20.1 Å². The third kappa shape index (κ3) is 7.25. The molecule has 0 aliphatic rings. The van der Waals surface area contributed by atoms with Crippen molar-refractivity contribution in [3.63, 3.8) is 0 Å². The Morgan fingerprint density at radius 1 is 1.58 bits per heavy atom. The van der Waals surface area contributed by atoms with E-state index in [9.17, 15) is 0 Å². The molecule has 4 nitrogen and oxygen atoms in total. The monoisotopic (exact) mass is 377 g/mol. The molecule has 0 bridgehead atoms. The molecule has 19 heavy (non-hydrogen) atoms.